The van der Waals surface area contributed by atoms with Gasteiger partial charge in [-0.25, -0.2) is 4.98 Å². The van der Waals surface area contributed by atoms with E-state index in [0.717, 1.165) is 22.4 Å². The van der Waals surface area contributed by atoms with Crippen LogP contribution in [0.15, 0.2) is 61.1 Å². The molecule has 2 aromatic heterocycles. The summed E-state index contributed by atoms with van der Waals surface area (Å²) < 4.78 is 5.93. The zero-order valence-electron chi connectivity index (χ0n) is 14.2. The van der Waals surface area contributed by atoms with Crippen LogP contribution in [-0.2, 0) is 6.54 Å². The maximum Gasteiger partial charge on any atom is 0.253 e. The number of amides is 1. The summed E-state index contributed by atoms with van der Waals surface area (Å²) in [4.78, 5) is 20.7. The number of pyridine rings is 2. The van der Waals surface area contributed by atoms with E-state index in [-0.39, 0.29) is 5.91 Å². The van der Waals surface area contributed by atoms with E-state index < -0.39 is 0 Å². The molecule has 1 N–H and O–H groups in total. The highest BCUT2D eigenvalue weighted by molar-refractivity contribution is 5.95. The Morgan fingerprint density at radius 2 is 1.88 bits per heavy atom. The maximum absolute atomic E-state index is 12.4. The number of hydrogen-bond acceptors (Lipinski definition) is 4. The van der Waals surface area contributed by atoms with Crippen LogP contribution in [0.5, 0.6) is 11.6 Å². The summed E-state index contributed by atoms with van der Waals surface area (Å²) >= 11 is 0. The number of carbonyl (C=O) groups is 1. The zero-order valence-corrected chi connectivity index (χ0v) is 14.2. The number of para-hydroxylation sites is 1. The average Bonchev–Trinajstić information content (AvgIpc) is 2.63. The highest BCUT2D eigenvalue weighted by atomic mass is 16.5. The molecule has 0 aliphatic heterocycles. The second kappa shape index (κ2) is 7.57. The van der Waals surface area contributed by atoms with Crippen molar-refractivity contribution in [1.29, 1.82) is 0 Å². The molecule has 3 rings (SSSR count). The molecule has 1 amide bonds. The highest BCUT2D eigenvalue weighted by Crippen LogP contribution is 2.25. The van der Waals surface area contributed by atoms with Crippen LogP contribution >= 0.6 is 0 Å². The Morgan fingerprint density at radius 3 is 2.68 bits per heavy atom. The summed E-state index contributed by atoms with van der Waals surface area (Å²) in [5, 5.41) is 2.90. The van der Waals surface area contributed by atoms with Gasteiger partial charge in [0.15, 0.2) is 0 Å². The molecule has 0 aliphatic carbocycles. The van der Waals surface area contributed by atoms with Crippen molar-refractivity contribution in [2.45, 2.75) is 20.4 Å². The number of rotatable bonds is 5. The van der Waals surface area contributed by atoms with Crippen molar-refractivity contribution >= 4 is 5.91 Å². The van der Waals surface area contributed by atoms with Gasteiger partial charge in [-0.1, -0.05) is 24.3 Å². The molecule has 1 aromatic carbocycles. The van der Waals surface area contributed by atoms with Crippen molar-refractivity contribution in [3.05, 3.63) is 83.3 Å². The molecule has 0 saturated carbocycles. The summed E-state index contributed by atoms with van der Waals surface area (Å²) in [6.07, 6.45) is 4.91. The number of carbonyl (C=O) groups excluding carboxylic acids is 1. The van der Waals surface area contributed by atoms with Gasteiger partial charge in [-0.15, -0.1) is 0 Å². The number of ether oxygens (including phenoxy) is 1. The molecule has 0 fully saturated rings. The number of hydrogen-bond donors (Lipinski definition) is 1. The lowest BCUT2D eigenvalue weighted by atomic mass is 10.1. The number of aryl methyl sites for hydroxylation is 2. The Morgan fingerprint density at radius 1 is 1.04 bits per heavy atom. The van der Waals surface area contributed by atoms with E-state index in [2.05, 4.69) is 15.3 Å². The molecular formula is C20H19N3O2. The molecule has 0 saturated heterocycles. The molecule has 0 spiro atoms. The van der Waals surface area contributed by atoms with Crippen LogP contribution in [0.1, 0.15) is 27.0 Å². The van der Waals surface area contributed by atoms with Gasteiger partial charge in [-0.2, -0.15) is 0 Å². The van der Waals surface area contributed by atoms with Gasteiger partial charge in [0.05, 0.1) is 5.56 Å². The van der Waals surface area contributed by atoms with Crippen molar-refractivity contribution in [2.24, 2.45) is 0 Å². The second-order valence-corrected chi connectivity index (χ2v) is 5.71. The average molecular weight is 333 g/mol. The molecule has 0 unspecified atom stereocenters. The third-order valence-corrected chi connectivity index (χ3v) is 3.87. The summed E-state index contributed by atoms with van der Waals surface area (Å²) in [5.74, 6) is 1.06. The number of aromatic nitrogens is 2. The fourth-order valence-electron chi connectivity index (χ4n) is 2.40. The van der Waals surface area contributed by atoms with Gasteiger partial charge in [-0.3, -0.25) is 9.78 Å². The topological polar surface area (TPSA) is 64.1 Å². The molecule has 5 nitrogen and oxygen atoms in total. The molecule has 0 bridgehead atoms. The Hall–Kier alpha value is -3.21. The minimum absolute atomic E-state index is 0.170. The van der Waals surface area contributed by atoms with E-state index in [1.54, 1.807) is 18.6 Å². The number of benzene rings is 1. The van der Waals surface area contributed by atoms with Crippen molar-refractivity contribution in [3.63, 3.8) is 0 Å². The van der Waals surface area contributed by atoms with E-state index in [0.29, 0.717) is 18.0 Å². The molecule has 126 valence electrons. The van der Waals surface area contributed by atoms with Crippen LogP contribution in [0.25, 0.3) is 0 Å². The second-order valence-electron chi connectivity index (χ2n) is 5.71. The lowest BCUT2D eigenvalue weighted by molar-refractivity contribution is 0.0949. The first-order chi connectivity index (χ1) is 12.1. The van der Waals surface area contributed by atoms with Crippen molar-refractivity contribution < 1.29 is 9.53 Å². The van der Waals surface area contributed by atoms with Gasteiger partial charge in [0.2, 0.25) is 5.88 Å². The first-order valence-electron chi connectivity index (χ1n) is 8.01. The molecule has 3 aromatic rings. The van der Waals surface area contributed by atoms with E-state index in [1.807, 2.05) is 56.3 Å². The lowest BCUT2D eigenvalue weighted by Gasteiger charge is -2.12. The smallest absolute Gasteiger partial charge is 0.253 e. The van der Waals surface area contributed by atoms with E-state index >= 15 is 0 Å². The van der Waals surface area contributed by atoms with Gasteiger partial charge in [0.25, 0.3) is 5.91 Å². The van der Waals surface area contributed by atoms with Crippen molar-refractivity contribution in [3.8, 4) is 11.6 Å². The minimum atomic E-state index is -0.170. The monoisotopic (exact) mass is 333 g/mol. The van der Waals surface area contributed by atoms with Gasteiger partial charge < -0.3 is 10.1 Å². The zero-order chi connectivity index (χ0) is 17.6. The summed E-state index contributed by atoms with van der Waals surface area (Å²) in [6.45, 7) is 4.18. The Balaban J connectivity index is 1.74. The predicted octanol–water partition coefficient (Wildman–Crippen LogP) is 3.82. The van der Waals surface area contributed by atoms with E-state index in [1.165, 1.54) is 0 Å². The van der Waals surface area contributed by atoms with Crippen molar-refractivity contribution in [1.82, 2.24) is 15.3 Å². The van der Waals surface area contributed by atoms with E-state index in [9.17, 15) is 4.79 Å². The largest absolute Gasteiger partial charge is 0.438 e. The Labute approximate surface area is 146 Å². The molecular weight excluding hydrogens is 314 g/mol. The fraction of sp³-hybridized carbons (Fsp3) is 0.150. The van der Waals surface area contributed by atoms with Gasteiger partial charge in [-0.05, 0) is 43.2 Å². The third kappa shape index (κ3) is 4.01. The van der Waals surface area contributed by atoms with Crippen LogP contribution < -0.4 is 10.1 Å². The molecule has 2 heterocycles. The van der Waals surface area contributed by atoms with Crippen molar-refractivity contribution in [2.75, 3.05) is 0 Å². The predicted molar refractivity (Wildman–Crippen MR) is 95.6 cm³/mol. The molecule has 25 heavy (non-hydrogen) atoms. The molecule has 0 aliphatic rings. The van der Waals surface area contributed by atoms with Gasteiger partial charge in [0.1, 0.15) is 5.75 Å². The Kier molecular flexibility index (Phi) is 5.04. The number of nitrogens with zero attached hydrogens (tertiary/aromatic N) is 2. The fourth-order valence-corrected chi connectivity index (χ4v) is 2.40. The van der Waals surface area contributed by atoms with Crippen LogP contribution in [0, 0.1) is 13.8 Å². The molecule has 0 atom stereocenters. The maximum atomic E-state index is 12.4. The molecule has 0 radical (unpaired) electrons. The standard InChI is InChI=1S/C20H19N3O2/c1-14-9-11-21-13-17(14)19(24)23-12-16-7-5-10-22-20(16)25-18-8-4-3-6-15(18)2/h3-11,13H,12H2,1-2H3,(H,23,24). The van der Waals surface area contributed by atoms with Gasteiger partial charge >= 0.3 is 0 Å². The normalized spacial score (nSPS) is 10.3. The van der Waals surface area contributed by atoms with Crippen LogP contribution in [0.3, 0.4) is 0 Å². The van der Waals surface area contributed by atoms with Crippen LogP contribution in [0.4, 0.5) is 0 Å². The summed E-state index contributed by atoms with van der Waals surface area (Å²) in [7, 11) is 0. The molecule has 5 heteroatoms. The first kappa shape index (κ1) is 16.6. The van der Waals surface area contributed by atoms with Crippen LogP contribution in [-0.4, -0.2) is 15.9 Å². The lowest BCUT2D eigenvalue weighted by Crippen LogP contribution is -2.24. The third-order valence-electron chi connectivity index (χ3n) is 3.87. The Bertz CT molecular complexity index is 893. The SMILES string of the molecule is Cc1ccccc1Oc1ncccc1CNC(=O)c1cnccc1C. The minimum Gasteiger partial charge on any atom is -0.438 e. The quantitative estimate of drug-likeness (QED) is 0.771. The number of nitrogens with one attached hydrogen (secondary N) is 1. The van der Waals surface area contributed by atoms with E-state index in [4.69, 9.17) is 4.74 Å². The highest BCUT2D eigenvalue weighted by Gasteiger charge is 2.12. The first-order valence-corrected chi connectivity index (χ1v) is 8.01. The van der Waals surface area contributed by atoms with Gasteiger partial charge in [0, 0.05) is 30.7 Å². The summed E-state index contributed by atoms with van der Waals surface area (Å²) in [5.41, 5.74) is 3.28. The van der Waals surface area contributed by atoms with Crippen LogP contribution in [0.2, 0.25) is 0 Å². The summed E-state index contributed by atoms with van der Waals surface area (Å²) in [6, 6.07) is 13.3.